The van der Waals surface area contributed by atoms with E-state index in [9.17, 15) is 22.7 Å². The number of rotatable bonds is 10. The second-order valence-corrected chi connectivity index (χ2v) is 10.3. The zero-order valence-corrected chi connectivity index (χ0v) is 21.9. The SMILES string of the molecule is CCOCc1nc(=O)c(S(=O)(=O)c2ccc(-c3ccc(F)nc3)c(F)c2)c(O)n1C(COC)c1ccccc1. The Morgan fingerprint density at radius 3 is 2.44 bits per heavy atom. The monoisotopic (exact) mass is 557 g/mol. The van der Waals surface area contributed by atoms with Gasteiger partial charge in [0.05, 0.1) is 17.5 Å². The van der Waals surface area contributed by atoms with Gasteiger partial charge in [-0.25, -0.2) is 17.8 Å². The minimum Gasteiger partial charge on any atom is -0.493 e. The molecule has 0 bridgehead atoms. The van der Waals surface area contributed by atoms with Crippen LogP contribution in [0.4, 0.5) is 8.78 Å². The summed E-state index contributed by atoms with van der Waals surface area (Å²) < 4.78 is 67.4. The van der Waals surface area contributed by atoms with Gasteiger partial charge in [0.1, 0.15) is 18.2 Å². The van der Waals surface area contributed by atoms with E-state index in [1.807, 2.05) is 0 Å². The average Bonchev–Trinajstić information content (AvgIpc) is 2.92. The zero-order valence-electron chi connectivity index (χ0n) is 21.0. The molecular formula is C27H25F2N3O6S. The lowest BCUT2D eigenvalue weighted by atomic mass is 10.1. The first-order chi connectivity index (χ1) is 18.7. The maximum absolute atomic E-state index is 15.0. The molecule has 204 valence electrons. The number of aromatic hydroxyl groups is 1. The molecule has 1 unspecified atom stereocenters. The van der Waals surface area contributed by atoms with Crippen LogP contribution in [0.25, 0.3) is 11.1 Å². The lowest BCUT2D eigenvalue weighted by Gasteiger charge is -2.25. The Hall–Kier alpha value is -4.00. The van der Waals surface area contributed by atoms with Crippen LogP contribution in [0.2, 0.25) is 0 Å². The van der Waals surface area contributed by atoms with Gasteiger partial charge in [-0.1, -0.05) is 36.4 Å². The molecule has 1 N–H and O–H groups in total. The first kappa shape index (κ1) is 28.0. The van der Waals surface area contributed by atoms with Crippen LogP contribution in [-0.4, -0.2) is 48.4 Å². The Bertz CT molecular complexity index is 1630. The number of ether oxygens (including phenoxy) is 2. The van der Waals surface area contributed by atoms with Crippen LogP contribution in [0.3, 0.4) is 0 Å². The standard InChI is InChI=1S/C27H25F2N3O6S/c1-3-38-16-24-31-26(33)25(27(34)32(24)22(15-37-2)17-7-5-4-6-8-17)39(35,36)19-10-11-20(21(28)13-19)18-9-12-23(29)30-14-18/h4-14,22,34H,3,15-16H2,1-2H3. The normalized spacial score (nSPS) is 12.4. The molecule has 0 aliphatic carbocycles. The molecule has 2 aromatic heterocycles. The first-order valence-corrected chi connectivity index (χ1v) is 13.3. The van der Waals surface area contributed by atoms with Crippen molar-refractivity contribution in [3.8, 4) is 17.0 Å². The van der Waals surface area contributed by atoms with E-state index in [2.05, 4.69) is 9.97 Å². The highest BCUT2D eigenvalue weighted by molar-refractivity contribution is 7.91. The van der Waals surface area contributed by atoms with E-state index < -0.39 is 48.9 Å². The predicted molar refractivity (Wildman–Crippen MR) is 137 cm³/mol. The number of aromatic nitrogens is 3. The maximum atomic E-state index is 15.0. The number of sulfone groups is 1. The van der Waals surface area contributed by atoms with Crippen LogP contribution < -0.4 is 5.56 Å². The third kappa shape index (κ3) is 5.72. The van der Waals surface area contributed by atoms with Gasteiger partial charge in [-0.3, -0.25) is 9.36 Å². The Kier molecular flexibility index (Phi) is 8.48. The first-order valence-electron chi connectivity index (χ1n) is 11.8. The van der Waals surface area contributed by atoms with E-state index in [4.69, 9.17) is 9.47 Å². The van der Waals surface area contributed by atoms with Gasteiger partial charge in [0.15, 0.2) is 4.90 Å². The summed E-state index contributed by atoms with van der Waals surface area (Å²) in [6.45, 7) is 1.80. The highest BCUT2D eigenvalue weighted by atomic mass is 32.2. The summed E-state index contributed by atoms with van der Waals surface area (Å²) >= 11 is 0. The van der Waals surface area contributed by atoms with Gasteiger partial charge in [-0.15, -0.1) is 0 Å². The van der Waals surface area contributed by atoms with E-state index in [1.54, 1.807) is 37.3 Å². The zero-order chi connectivity index (χ0) is 28.2. The van der Waals surface area contributed by atoms with Crippen LogP contribution in [0.15, 0.2) is 81.4 Å². The van der Waals surface area contributed by atoms with Crippen LogP contribution in [-0.2, 0) is 25.9 Å². The minimum atomic E-state index is -4.76. The van der Waals surface area contributed by atoms with Gasteiger partial charge in [0.25, 0.3) is 5.56 Å². The van der Waals surface area contributed by atoms with Gasteiger partial charge >= 0.3 is 0 Å². The Labute approximate surface area is 223 Å². The molecule has 4 aromatic rings. The van der Waals surface area contributed by atoms with E-state index in [-0.39, 0.29) is 36.8 Å². The molecule has 0 amide bonds. The van der Waals surface area contributed by atoms with Crippen molar-refractivity contribution in [2.24, 2.45) is 0 Å². The van der Waals surface area contributed by atoms with E-state index in [1.165, 1.54) is 23.8 Å². The number of pyridine rings is 1. The van der Waals surface area contributed by atoms with Crippen molar-refractivity contribution in [3.63, 3.8) is 0 Å². The smallest absolute Gasteiger partial charge is 0.296 e. The molecule has 2 heterocycles. The molecule has 39 heavy (non-hydrogen) atoms. The van der Waals surface area contributed by atoms with Crippen LogP contribution in [0.1, 0.15) is 24.4 Å². The molecule has 12 heteroatoms. The highest BCUT2D eigenvalue weighted by Crippen LogP contribution is 2.33. The molecular weight excluding hydrogens is 532 g/mol. The van der Waals surface area contributed by atoms with Crippen molar-refractivity contribution >= 4 is 9.84 Å². The van der Waals surface area contributed by atoms with Crippen molar-refractivity contribution in [2.45, 2.75) is 29.4 Å². The number of hydrogen-bond donors (Lipinski definition) is 1. The second-order valence-electron chi connectivity index (χ2n) is 8.39. The third-order valence-corrected chi connectivity index (χ3v) is 7.72. The van der Waals surface area contributed by atoms with E-state index in [0.717, 1.165) is 24.4 Å². The molecule has 0 aliphatic heterocycles. The Morgan fingerprint density at radius 1 is 1.08 bits per heavy atom. The fourth-order valence-corrected chi connectivity index (χ4v) is 5.47. The molecule has 0 aliphatic rings. The third-order valence-electron chi connectivity index (χ3n) is 5.95. The number of benzene rings is 2. The van der Waals surface area contributed by atoms with Crippen molar-refractivity contribution < 1.29 is 31.8 Å². The molecule has 2 aromatic carbocycles. The minimum absolute atomic E-state index is 0.00420. The lowest BCUT2D eigenvalue weighted by Crippen LogP contribution is -2.29. The molecule has 0 radical (unpaired) electrons. The number of methoxy groups -OCH3 is 1. The summed E-state index contributed by atoms with van der Waals surface area (Å²) in [6.07, 6.45) is 1.10. The van der Waals surface area contributed by atoms with Crippen LogP contribution >= 0.6 is 0 Å². The highest BCUT2D eigenvalue weighted by Gasteiger charge is 2.33. The molecule has 1 atom stereocenters. The fraction of sp³-hybridized carbons (Fsp3) is 0.222. The Balaban J connectivity index is 1.89. The van der Waals surface area contributed by atoms with Gasteiger partial charge in [-0.05, 0) is 36.8 Å². The van der Waals surface area contributed by atoms with Gasteiger partial charge in [-0.2, -0.15) is 9.37 Å². The molecule has 4 rings (SSSR count). The average molecular weight is 558 g/mol. The summed E-state index contributed by atoms with van der Waals surface area (Å²) in [6, 6.07) is 13.3. The van der Waals surface area contributed by atoms with Crippen molar-refractivity contribution in [2.75, 3.05) is 20.3 Å². The maximum Gasteiger partial charge on any atom is 0.296 e. The summed E-state index contributed by atoms with van der Waals surface area (Å²) in [5, 5.41) is 11.3. The molecule has 0 saturated carbocycles. The summed E-state index contributed by atoms with van der Waals surface area (Å²) in [5.41, 5.74) is -0.396. The second kappa shape index (κ2) is 11.8. The predicted octanol–water partition coefficient (Wildman–Crippen LogP) is 3.89. The lowest BCUT2D eigenvalue weighted by molar-refractivity contribution is 0.114. The number of nitrogens with zero attached hydrogens (tertiary/aromatic N) is 3. The molecule has 9 nitrogen and oxygen atoms in total. The summed E-state index contributed by atoms with van der Waals surface area (Å²) in [7, 11) is -3.33. The van der Waals surface area contributed by atoms with Crippen molar-refractivity contribution in [1.29, 1.82) is 0 Å². The number of hydrogen-bond acceptors (Lipinski definition) is 8. The largest absolute Gasteiger partial charge is 0.493 e. The fourth-order valence-electron chi connectivity index (χ4n) is 4.11. The van der Waals surface area contributed by atoms with E-state index >= 15 is 4.39 Å². The van der Waals surface area contributed by atoms with Crippen LogP contribution in [0, 0.1) is 11.8 Å². The Morgan fingerprint density at radius 2 is 1.82 bits per heavy atom. The quantitative estimate of drug-likeness (QED) is 0.292. The number of halogens is 2. The summed E-state index contributed by atoms with van der Waals surface area (Å²) in [4.78, 5) is 18.8. The van der Waals surface area contributed by atoms with Gasteiger partial charge in [0.2, 0.25) is 21.7 Å². The van der Waals surface area contributed by atoms with Crippen LogP contribution in [0.5, 0.6) is 5.88 Å². The van der Waals surface area contributed by atoms with Gasteiger partial charge < -0.3 is 14.6 Å². The van der Waals surface area contributed by atoms with Crippen molar-refractivity contribution in [1.82, 2.24) is 14.5 Å². The van der Waals surface area contributed by atoms with Crippen molar-refractivity contribution in [3.05, 3.63) is 100 Å². The molecule has 0 spiro atoms. The molecule has 0 fully saturated rings. The molecule has 0 saturated heterocycles. The van der Waals surface area contributed by atoms with E-state index in [0.29, 0.717) is 5.56 Å². The van der Waals surface area contributed by atoms with Gasteiger partial charge in [0, 0.05) is 31.0 Å². The summed E-state index contributed by atoms with van der Waals surface area (Å²) in [5.74, 6) is -2.61. The topological polar surface area (TPSA) is 121 Å².